The smallest absolute Gasteiger partial charge is 0.139 e. The van der Waals surface area contributed by atoms with Crippen LogP contribution < -0.4 is 0 Å². The van der Waals surface area contributed by atoms with Gasteiger partial charge in [0.15, 0.2) is 0 Å². The molecular weight excluding hydrogens is 148 g/mol. The molecule has 0 radical (unpaired) electrons. The SMILES string of the molecule is CCC(=O)[C@@]1(C)C[C@H]2C=C[C@@H]1C2. The van der Waals surface area contributed by atoms with Crippen molar-refractivity contribution in [2.45, 2.75) is 33.1 Å². The summed E-state index contributed by atoms with van der Waals surface area (Å²) in [6.07, 6.45) is 7.56. The maximum Gasteiger partial charge on any atom is 0.139 e. The molecule has 0 aromatic carbocycles. The number of carbonyl (C=O) groups is 1. The van der Waals surface area contributed by atoms with Gasteiger partial charge in [0.2, 0.25) is 0 Å². The normalized spacial score (nSPS) is 43.8. The van der Waals surface area contributed by atoms with Crippen LogP contribution in [0.3, 0.4) is 0 Å². The molecule has 1 heteroatoms. The van der Waals surface area contributed by atoms with E-state index in [0.29, 0.717) is 24.0 Å². The van der Waals surface area contributed by atoms with Crippen molar-refractivity contribution in [1.29, 1.82) is 0 Å². The molecule has 1 saturated carbocycles. The Morgan fingerprint density at radius 3 is 2.75 bits per heavy atom. The van der Waals surface area contributed by atoms with Gasteiger partial charge >= 0.3 is 0 Å². The van der Waals surface area contributed by atoms with Gasteiger partial charge in [-0.1, -0.05) is 26.0 Å². The fourth-order valence-electron chi connectivity index (χ4n) is 2.82. The summed E-state index contributed by atoms with van der Waals surface area (Å²) >= 11 is 0. The number of allylic oxidation sites excluding steroid dienone is 2. The van der Waals surface area contributed by atoms with Crippen molar-refractivity contribution in [1.82, 2.24) is 0 Å². The van der Waals surface area contributed by atoms with E-state index in [0.717, 1.165) is 6.42 Å². The highest BCUT2D eigenvalue weighted by atomic mass is 16.1. The first-order valence-corrected chi connectivity index (χ1v) is 4.88. The van der Waals surface area contributed by atoms with Crippen molar-refractivity contribution < 1.29 is 4.79 Å². The lowest BCUT2D eigenvalue weighted by atomic mass is 9.73. The summed E-state index contributed by atoms with van der Waals surface area (Å²) in [5, 5.41) is 0. The third-order valence-corrected chi connectivity index (χ3v) is 3.63. The fraction of sp³-hybridized carbons (Fsp3) is 0.727. The van der Waals surface area contributed by atoms with Crippen LogP contribution >= 0.6 is 0 Å². The lowest BCUT2D eigenvalue weighted by molar-refractivity contribution is -0.128. The second-order valence-corrected chi connectivity index (χ2v) is 4.39. The standard InChI is InChI=1S/C11H16O/c1-3-10(12)11(2)7-8-4-5-9(11)6-8/h4-5,8-9H,3,6-7H2,1-2H3/t8-,9+,11-/m0/s1. The number of carbonyl (C=O) groups excluding carboxylic acids is 1. The van der Waals surface area contributed by atoms with Gasteiger partial charge in [-0.2, -0.15) is 0 Å². The van der Waals surface area contributed by atoms with E-state index in [1.165, 1.54) is 6.42 Å². The van der Waals surface area contributed by atoms with Gasteiger partial charge in [0, 0.05) is 11.8 Å². The largest absolute Gasteiger partial charge is 0.299 e. The summed E-state index contributed by atoms with van der Waals surface area (Å²) in [4.78, 5) is 11.7. The molecular formula is C11H16O. The highest BCUT2D eigenvalue weighted by Crippen LogP contribution is 2.52. The van der Waals surface area contributed by atoms with Gasteiger partial charge in [-0.3, -0.25) is 4.79 Å². The molecule has 0 aromatic heterocycles. The topological polar surface area (TPSA) is 17.1 Å². The van der Waals surface area contributed by atoms with Crippen LogP contribution in [0.5, 0.6) is 0 Å². The third-order valence-electron chi connectivity index (χ3n) is 3.63. The molecule has 2 bridgehead atoms. The molecule has 2 aliphatic carbocycles. The van der Waals surface area contributed by atoms with Crippen LogP contribution in [0.4, 0.5) is 0 Å². The van der Waals surface area contributed by atoms with Crippen LogP contribution in [0.25, 0.3) is 0 Å². The third kappa shape index (κ3) is 0.886. The quantitative estimate of drug-likeness (QED) is 0.573. The molecule has 0 unspecified atom stereocenters. The second-order valence-electron chi connectivity index (χ2n) is 4.39. The fourth-order valence-corrected chi connectivity index (χ4v) is 2.82. The van der Waals surface area contributed by atoms with Crippen molar-refractivity contribution >= 4 is 5.78 Å². The Morgan fingerprint density at radius 1 is 1.58 bits per heavy atom. The molecule has 2 aliphatic rings. The van der Waals surface area contributed by atoms with Crippen LogP contribution in [0.15, 0.2) is 12.2 Å². The average molecular weight is 164 g/mol. The van der Waals surface area contributed by atoms with Crippen LogP contribution in [-0.2, 0) is 4.79 Å². The molecule has 66 valence electrons. The Bertz CT molecular complexity index is 241. The van der Waals surface area contributed by atoms with E-state index in [1.54, 1.807) is 0 Å². The van der Waals surface area contributed by atoms with Crippen molar-refractivity contribution in [3.05, 3.63) is 12.2 Å². The predicted octanol–water partition coefficient (Wildman–Crippen LogP) is 2.57. The van der Waals surface area contributed by atoms with Gasteiger partial charge in [0.05, 0.1) is 0 Å². The monoisotopic (exact) mass is 164 g/mol. The van der Waals surface area contributed by atoms with Crippen LogP contribution in [0.1, 0.15) is 33.1 Å². The number of ketones is 1. The van der Waals surface area contributed by atoms with Crippen molar-refractivity contribution in [2.24, 2.45) is 17.3 Å². The number of Topliss-reactive ketones (excluding diaryl/α,β-unsaturated/α-hetero) is 1. The first kappa shape index (κ1) is 8.03. The number of hydrogen-bond donors (Lipinski definition) is 0. The molecule has 0 N–H and O–H groups in total. The average Bonchev–Trinajstić information content (AvgIpc) is 2.62. The molecule has 2 rings (SSSR count). The van der Waals surface area contributed by atoms with Gasteiger partial charge in [-0.15, -0.1) is 0 Å². The highest BCUT2D eigenvalue weighted by molar-refractivity contribution is 5.85. The van der Waals surface area contributed by atoms with Crippen LogP contribution in [0, 0.1) is 17.3 Å². The summed E-state index contributed by atoms with van der Waals surface area (Å²) in [5.74, 6) is 1.71. The minimum atomic E-state index is -0.00579. The maximum atomic E-state index is 11.7. The number of rotatable bonds is 2. The zero-order chi connectivity index (χ0) is 8.77. The summed E-state index contributed by atoms with van der Waals surface area (Å²) in [5.41, 5.74) is -0.00579. The van der Waals surface area contributed by atoms with E-state index in [9.17, 15) is 4.79 Å². The first-order chi connectivity index (χ1) is 5.66. The summed E-state index contributed by atoms with van der Waals surface area (Å²) in [6.45, 7) is 4.12. The Morgan fingerprint density at radius 2 is 2.33 bits per heavy atom. The maximum absolute atomic E-state index is 11.7. The van der Waals surface area contributed by atoms with E-state index in [1.807, 2.05) is 6.92 Å². The lowest BCUT2D eigenvalue weighted by Gasteiger charge is -2.29. The lowest BCUT2D eigenvalue weighted by Crippen LogP contribution is -2.31. The van der Waals surface area contributed by atoms with Gasteiger partial charge in [0.25, 0.3) is 0 Å². The molecule has 0 saturated heterocycles. The minimum Gasteiger partial charge on any atom is -0.299 e. The number of hydrogen-bond acceptors (Lipinski definition) is 1. The molecule has 1 fully saturated rings. The molecule has 0 aromatic rings. The van der Waals surface area contributed by atoms with Crippen molar-refractivity contribution in [2.75, 3.05) is 0 Å². The van der Waals surface area contributed by atoms with Crippen LogP contribution in [-0.4, -0.2) is 5.78 Å². The molecule has 0 amide bonds. The van der Waals surface area contributed by atoms with Crippen molar-refractivity contribution in [3.8, 4) is 0 Å². The molecule has 3 atom stereocenters. The van der Waals surface area contributed by atoms with E-state index in [2.05, 4.69) is 19.1 Å². The molecule has 1 nitrogen and oxygen atoms in total. The van der Waals surface area contributed by atoms with E-state index >= 15 is 0 Å². The molecule has 0 spiro atoms. The zero-order valence-corrected chi connectivity index (χ0v) is 7.84. The van der Waals surface area contributed by atoms with E-state index in [-0.39, 0.29) is 5.41 Å². The molecule has 12 heavy (non-hydrogen) atoms. The van der Waals surface area contributed by atoms with E-state index in [4.69, 9.17) is 0 Å². The second kappa shape index (κ2) is 2.45. The molecule has 0 aliphatic heterocycles. The summed E-state index contributed by atoms with van der Waals surface area (Å²) in [7, 11) is 0. The zero-order valence-electron chi connectivity index (χ0n) is 7.84. The highest BCUT2D eigenvalue weighted by Gasteiger charge is 2.48. The van der Waals surface area contributed by atoms with Crippen molar-refractivity contribution in [3.63, 3.8) is 0 Å². The first-order valence-electron chi connectivity index (χ1n) is 4.88. The van der Waals surface area contributed by atoms with Gasteiger partial charge in [0.1, 0.15) is 5.78 Å². The Hall–Kier alpha value is -0.590. The van der Waals surface area contributed by atoms with Gasteiger partial charge in [-0.25, -0.2) is 0 Å². The predicted molar refractivity (Wildman–Crippen MR) is 48.8 cm³/mol. The van der Waals surface area contributed by atoms with Crippen LogP contribution in [0.2, 0.25) is 0 Å². The van der Waals surface area contributed by atoms with E-state index < -0.39 is 0 Å². The Balaban J connectivity index is 2.23. The van der Waals surface area contributed by atoms with Gasteiger partial charge in [-0.05, 0) is 24.7 Å². The summed E-state index contributed by atoms with van der Waals surface area (Å²) < 4.78 is 0. The Labute approximate surface area is 73.8 Å². The van der Waals surface area contributed by atoms with Gasteiger partial charge < -0.3 is 0 Å². The number of fused-ring (bicyclic) bond motifs is 2. The Kier molecular flexibility index (Phi) is 1.64. The summed E-state index contributed by atoms with van der Waals surface area (Å²) in [6, 6.07) is 0. The minimum absolute atomic E-state index is 0.00579. The molecule has 0 heterocycles.